The minimum Gasteiger partial charge on any atom is -0.448 e. The van der Waals surface area contributed by atoms with Crippen molar-refractivity contribution >= 4 is 5.91 Å². The standard InChI is InChI=1S/C21H25N5O3/c1-14-8-9-15(19-24-18(13-29-19)21(2,3)28)12-25(14)20(27)16-6-4-5-7-17(16)26-22-10-11-23-26/h4-7,10-11,13-15,28H,8-9,12H2,1-3H3/t14-,15-/m1/s1. The number of hydrogen-bond donors (Lipinski definition) is 1. The summed E-state index contributed by atoms with van der Waals surface area (Å²) in [4.78, 5) is 21.2. The van der Waals surface area contributed by atoms with Crippen molar-refractivity contribution in [2.75, 3.05) is 6.54 Å². The average molecular weight is 395 g/mol. The van der Waals surface area contributed by atoms with Crippen LogP contribution in [0.5, 0.6) is 0 Å². The Morgan fingerprint density at radius 1 is 1.21 bits per heavy atom. The number of nitrogens with zero attached hydrogens (tertiary/aromatic N) is 5. The summed E-state index contributed by atoms with van der Waals surface area (Å²) < 4.78 is 5.65. The fourth-order valence-corrected chi connectivity index (χ4v) is 3.67. The fourth-order valence-electron chi connectivity index (χ4n) is 3.67. The lowest BCUT2D eigenvalue weighted by atomic mass is 9.92. The van der Waals surface area contributed by atoms with Crippen molar-refractivity contribution in [2.45, 2.75) is 51.2 Å². The minimum atomic E-state index is -1.06. The maximum absolute atomic E-state index is 13.4. The van der Waals surface area contributed by atoms with E-state index in [0.717, 1.165) is 12.8 Å². The molecule has 2 aromatic heterocycles. The molecule has 0 radical (unpaired) electrons. The van der Waals surface area contributed by atoms with Crippen LogP contribution < -0.4 is 0 Å². The van der Waals surface area contributed by atoms with E-state index < -0.39 is 5.60 Å². The first-order valence-electron chi connectivity index (χ1n) is 9.79. The predicted molar refractivity (Wildman–Crippen MR) is 106 cm³/mol. The zero-order chi connectivity index (χ0) is 20.6. The van der Waals surface area contributed by atoms with Gasteiger partial charge in [-0.05, 0) is 45.7 Å². The summed E-state index contributed by atoms with van der Waals surface area (Å²) in [5.41, 5.74) is 0.645. The summed E-state index contributed by atoms with van der Waals surface area (Å²) in [5.74, 6) is 0.486. The number of amides is 1. The Labute approximate surface area is 169 Å². The number of carbonyl (C=O) groups excluding carboxylic acids is 1. The van der Waals surface area contributed by atoms with E-state index in [2.05, 4.69) is 22.1 Å². The van der Waals surface area contributed by atoms with Gasteiger partial charge >= 0.3 is 0 Å². The normalized spacial score (nSPS) is 20.1. The number of rotatable bonds is 4. The third-order valence-corrected chi connectivity index (χ3v) is 5.41. The van der Waals surface area contributed by atoms with Crippen LogP contribution in [0.15, 0.2) is 47.3 Å². The Bertz CT molecular complexity index is 990. The van der Waals surface area contributed by atoms with Gasteiger partial charge in [-0.3, -0.25) is 4.79 Å². The van der Waals surface area contributed by atoms with Gasteiger partial charge in [-0.15, -0.1) is 0 Å². The Hall–Kier alpha value is -3.00. The van der Waals surface area contributed by atoms with Crippen LogP contribution in [-0.2, 0) is 5.60 Å². The lowest BCUT2D eigenvalue weighted by Crippen LogP contribution is -2.45. The van der Waals surface area contributed by atoms with Crippen molar-refractivity contribution in [3.05, 3.63) is 60.1 Å². The van der Waals surface area contributed by atoms with Crippen LogP contribution in [0.4, 0.5) is 0 Å². The van der Waals surface area contributed by atoms with E-state index in [-0.39, 0.29) is 17.9 Å². The summed E-state index contributed by atoms with van der Waals surface area (Å²) in [6.07, 6.45) is 6.39. The molecule has 1 N–H and O–H groups in total. The number of piperidine rings is 1. The topological polar surface area (TPSA) is 97.3 Å². The molecule has 0 unspecified atom stereocenters. The van der Waals surface area contributed by atoms with Crippen LogP contribution in [-0.4, -0.2) is 48.5 Å². The van der Waals surface area contributed by atoms with E-state index in [1.807, 2.05) is 23.1 Å². The van der Waals surface area contributed by atoms with Gasteiger partial charge in [0.05, 0.1) is 29.6 Å². The largest absolute Gasteiger partial charge is 0.448 e. The van der Waals surface area contributed by atoms with Gasteiger partial charge in [0.2, 0.25) is 0 Å². The highest BCUT2D eigenvalue weighted by Gasteiger charge is 2.34. The van der Waals surface area contributed by atoms with E-state index in [1.54, 1.807) is 32.3 Å². The maximum Gasteiger partial charge on any atom is 0.256 e. The lowest BCUT2D eigenvalue weighted by Gasteiger charge is -2.37. The molecule has 0 saturated carbocycles. The summed E-state index contributed by atoms with van der Waals surface area (Å²) in [7, 11) is 0. The van der Waals surface area contributed by atoms with Gasteiger partial charge in [0.25, 0.3) is 5.91 Å². The van der Waals surface area contributed by atoms with Crippen molar-refractivity contribution in [1.29, 1.82) is 0 Å². The molecule has 3 aromatic rings. The smallest absolute Gasteiger partial charge is 0.256 e. The Balaban J connectivity index is 1.60. The Kier molecular flexibility index (Phi) is 4.96. The molecule has 1 amide bonds. The molecule has 1 aliphatic rings. The molecular formula is C21H25N5O3. The van der Waals surface area contributed by atoms with E-state index in [4.69, 9.17) is 4.42 Å². The Morgan fingerprint density at radius 2 is 1.93 bits per heavy atom. The lowest BCUT2D eigenvalue weighted by molar-refractivity contribution is 0.0594. The van der Waals surface area contributed by atoms with Gasteiger partial charge in [-0.25, -0.2) is 4.98 Å². The predicted octanol–water partition coefficient (Wildman–Crippen LogP) is 2.89. The van der Waals surface area contributed by atoms with Crippen molar-refractivity contribution < 1.29 is 14.3 Å². The van der Waals surface area contributed by atoms with E-state index in [1.165, 1.54) is 11.1 Å². The first kappa shape index (κ1) is 19.3. The molecule has 4 rings (SSSR count). The van der Waals surface area contributed by atoms with Crippen LogP contribution in [0.1, 0.15) is 61.5 Å². The van der Waals surface area contributed by atoms with Crippen molar-refractivity contribution in [2.24, 2.45) is 0 Å². The first-order valence-corrected chi connectivity index (χ1v) is 9.79. The molecule has 29 heavy (non-hydrogen) atoms. The molecule has 0 spiro atoms. The molecule has 1 fully saturated rings. The summed E-state index contributed by atoms with van der Waals surface area (Å²) in [5, 5.41) is 18.5. The second kappa shape index (κ2) is 7.44. The minimum absolute atomic E-state index is 0.0127. The molecule has 0 bridgehead atoms. The highest BCUT2D eigenvalue weighted by Crippen LogP contribution is 2.32. The monoisotopic (exact) mass is 395 g/mol. The third-order valence-electron chi connectivity index (χ3n) is 5.41. The van der Waals surface area contributed by atoms with E-state index in [9.17, 15) is 9.90 Å². The number of benzene rings is 1. The highest BCUT2D eigenvalue weighted by atomic mass is 16.3. The third kappa shape index (κ3) is 3.80. The second-order valence-electron chi connectivity index (χ2n) is 8.05. The molecule has 0 aliphatic carbocycles. The molecule has 1 aromatic carbocycles. The molecule has 8 heteroatoms. The zero-order valence-electron chi connectivity index (χ0n) is 16.8. The molecule has 3 heterocycles. The molecule has 2 atom stereocenters. The number of aromatic nitrogens is 4. The van der Waals surface area contributed by atoms with Gasteiger partial charge < -0.3 is 14.4 Å². The average Bonchev–Trinajstić information content (AvgIpc) is 3.40. The van der Waals surface area contributed by atoms with Crippen LogP contribution in [0.2, 0.25) is 0 Å². The number of hydrogen-bond acceptors (Lipinski definition) is 6. The van der Waals surface area contributed by atoms with E-state index >= 15 is 0 Å². The zero-order valence-corrected chi connectivity index (χ0v) is 16.8. The van der Waals surface area contributed by atoms with Gasteiger partial charge in [0, 0.05) is 12.6 Å². The van der Waals surface area contributed by atoms with Crippen molar-refractivity contribution in [1.82, 2.24) is 24.9 Å². The Morgan fingerprint density at radius 3 is 2.62 bits per heavy atom. The highest BCUT2D eigenvalue weighted by molar-refractivity contribution is 5.98. The number of oxazole rings is 1. The molecule has 1 aliphatic heterocycles. The second-order valence-corrected chi connectivity index (χ2v) is 8.05. The van der Waals surface area contributed by atoms with Crippen LogP contribution in [0.25, 0.3) is 5.69 Å². The van der Waals surface area contributed by atoms with Crippen LogP contribution in [0, 0.1) is 0 Å². The van der Waals surface area contributed by atoms with Crippen LogP contribution in [0.3, 0.4) is 0 Å². The van der Waals surface area contributed by atoms with Gasteiger partial charge in [0.15, 0.2) is 5.89 Å². The maximum atomic E-state index is 13.4. The van der Waals surface area contributed by atoms with Gasteiger partial charge in [0.1, 0.15) is 17.6 Å². The van der Waals surface area contributed by atoms with Crippen molar-refractivity contribution in [3.8, 4) is 5.69 Å². The van der Waals surface area contributed by atoms with Gasteiger partial charge in [-0.1, -0.05) is 12.1 Å². The van der Waals surface area contributed by atoms with Gasteiger partial charge in [-0.2, -0.15) is 15.0 Å². The quantitative estimate of drug-likeness (QED) is 0.730. The fraction of sp³-hybridized carbons (Fsp3) is 0.429. The molecule has 1 saturated heterocycles. The first-order chi connectivity index (χ1) is 13.8. The number of aliphatic hydroxyl groups is 1. The summed E-state index contributed by atoms with van der Waals surface area (Å²) >= 11 is 0. The van der Waals surface area contributed by atoms with E-state index in [0.29, 0.717) is 29.4 Å². The molecular weight excluding hydrogens is 370 g/mol. The summed E-state index contributed by atoms with van der Waals surface area (Å²) in [6, 6.07) is 7.44. The SMILES string of the molecule is C[C@@H]1CC[C@@H](c2nc(C(C)(C)O)co2)CN1C(=O)c1ccccc1-n1nccn1. The summed E-state index contributed by atoms with van der Waals surface area (Å²) in [6.45, 7) is 5.91. The van der Waals surface area contributed by atoms with Crippen LogP contribution >= 0.6 is 0 Å². The molecule has 152 valence electrons. The number of carbonyl (C=O) groups is 1. The number of likely N-dealkylation sites (tertiary alicyclic amines) is 1. The molecule has 8 nitrogen and oxygen atoms in total. The van der Waals surface area contributed by atoms with Crippen molar-refractivity contribution in [3.63, 3.8) is 0 Å². The number of para-hydroxylation sites is 1.